The first kappa shape index (κ1) is 14.6. The summed E-state index contributed by atoms with van der Waals surface area (Å²) in [6.07, 6.45) is 9.56. The van der Waals surface area contributed by atoms with E-state index >= 15 is 0 Å². The molecule has 1 N–H and O–H groups in total. The number of aromatic amines is 1. The molecule has 120 valence electrons. The first-order valence-electron chi connectivity index (χ1n) is 8.00. The van der Waals surface area contributed by atoms with E-state index in [0.717, 1.165) is 35.1 Å². The summed E-state index contributed by atoms with van der Waals surface area (Å²) in [6.45, 7) is 0. The third-order valence-electron chi connectivity index (χ3n) is 4.69. The normalized spacial score (nSPS) is 18.8. The highest BCUT2D eigenvalue weighted by Gasteiger charge is 2.33. The number of carbonyl (C=O) groups is 1. The van der Waals surface area contributed by atoms with Crippen molar-refractivity contribution in [2.45, 2.75) is 31.7 Å². The van der Waals surface area contributed by atoms with Crippen molar-refractivity contribution in [3.05, 3.63) is 31.0 Å². The number of aromatic nitrogens is 5. The maximum absolute atomic E-state index is 12.1. The average Bonchev–Trinajstić information content (AvgIpc) is 3.32. The Balaban J connectivity index is 1.72. The van der Waals surface area contributed by atoms with Gasteiger partial charge < -0.3 is 4.98 Å². The molecule has 0 spiro atoms. The number of rotatable bonds is 4. The quantitative estimate of drug-likeness (QED) is 0.796. The van der Waals surface area contributed by atoms with Gasteiger partial charge in [0, 0.05) is 35.7 Å². The molecule has 0 aromatic carbocycles. The van der Waals surface area contributed by atoms with E-state index in [1.165, 1.54) is 6.33 Å². The Bertz CT molecular complexity index is 934. The molecule has 24 heavy (non-hydrogen) atoms. The highest BCUT2D eigenvalue weighted by Crippen LogP contribution is 2.34. The molecule has 0 bridgehead atoms. The van der Waals surface area contributed by atoms with Crippen molar-refractivity contribution in [1.82, 2.24) is 24.7 Å². The van der Waals surface area contributed by atoms with Crippen LogP contribution in [0.1, 0.15) is 31.7 Å². The first-order chi connectivity index (χ1) is 11.8. The lowest BCUT2D eigenvalue weighted by molar-refractivity contribution is -0.121. The van der Waals surface area contributed by atoms with Gasteiger partial charge in [0.1, 0.15) is 17.8 Å². The molecule has 0 saturated heterocycles. The Morgan fingerprint density at radius 3 is 3.17 bits per heavy atom. The molecule has 3 aromatic heterocycles. The van der Waals surface area contributed by atoms with E-state index in [2.05, 4.69) is 26.1 Å². The standard InChI is InChI=1S/C17H16N6O/c18-6-4-14(12-2-1-3-15(12)24)23-9-11(8-22-23)16-13-5-7-19-17(13)21-10-20-16/h5,7-10,12,14H,1-4H2,(H,19,20,21). The number of Topliss-reactive ketones (excluding diaryl/α,β-unsaturated/α-hetero) is 1. The molecule has 1 fully saturated rings. The van der Waals surface area contributed by atoms with Crippen LogP contribution in [0.5, 0.6) is 0 Å². The zero-order valence-corrected chi connectivity index (χ0v) is 13.0. The Morgan fingerprint density at radius 2 is 2.38 bits per heavy atom. The van der Waals surface area contributed by atoms with Gasteiger partial charge in [-0.05, 0) is 18.9 Å². The second kappa shape index (κ2) is 5.89. The third kappa shape index (κ3) is 2.36. The van der Waals surface area contributed by atoms with Gasteiger partial charge in [-0.2, -0.15) is 10.4 Å². The summed E-state index contributed by atoms with van der Waals surface area (Å²) < 4.78 is 1.76. The SMILES string of the molecule is N#CCC(C1CCCC1=O)n1cc(-c2ncnc3[nH]ccc23)cn1. The lowest BCUT2D eigenvalue weighted by Gasteiger charge is -2.20. The van der Waals surface area contributed by atoms with Gasteiger partial charge in [-0.3, -0.25) is 9.48 Å². The molecular weight excluding hydrogens is 304 g/mol. The Morgan fingerprint density at radius 1 is 1.46 bits per heavy atom. The summed E-state index contributed by atoms with van der Waals surface area (Å²) in [6, 6.07) is 3.91. The second-order valence-electron chi connectivity index (χ2n) is 6.07. The average molecular weight is 320 g/mol. The van der Waals surface area contributed by atoms with Gasteiger partial charge in [0.05, 0.1) is 30.4 Å². The van der Waals surface area contributed by atoms with E-state index in [9.17, 15) is 4.79 Å². The number of fused-ring (bicyclic) bond motifs is 1. The van der Waals surface area contributed by atoms with E-state index in [-0.39, 0.29) is 24.2 Å². The van der Waals surface area contributed by atoms with E-state index in [1.54, 1.807) is 10.9 Å². The summed E-state index contributed by atoms with van der Waals surface area (Å²) >= 11 is 0. The second-order valence-corrected chi connectivity index (χ2v) is 6.07. The van der Waals surface area contributed by atoms with E-state index in [4.69, 9.17) is 5.26 Å². The molecular formula is C17H16N6O. The molecule has 0 aliphatic heterocycles. The molecule has 2 atom stereocenters. The van der Waals surface area contributed by atoms with Crippen molar-refractivity contribution in [1.29, 1.82) is 5.26 Å². The van der Waals surface area contributed by atoms with Crippen LogP contribution in [0.2, 0.25) is 0 Å². The fourth-order valence-electron chi connectivity index (χ4n) is 3.51. The molecule has 3 heterocycles. The number of hydrogen-bond donors (Lipinski definition) is 1. The third-order valence-corrected chi connectivity index (χ3v) is 4.69. The van der Waals surface area contributed by atoms with Crippen LogP contribution in [-0.2, 0) is 4.79 Å². The number of nitrogens with one attached hydrogen (secondary N) is 1. The van der Waals surface area contributed by atoms with Crippen LogP contribution in [0.15, 0.2) is 31.0 Å². The van der Waals surface area contributed by atoms with Crippen molar-refractivity contribution in [3.63, 3.8) is 0 Å². The highest BCUT2D eigenvalue weighted by atomic mass is 16.1. The van der Waals surface area contributed by atoms with Crippen molar-refractivity contribution < 1.29 is 4.79 Å². The minimum absolute atomic E-state index is 0.116. The fraction of sp³-hybridized carbons (Fsp3) is 0.353. The molecule has 7 nitrogen and oxygen atoms in total. The molecule has 1 saturated carbocycles. The Kier molecular flexibility index (Phi) is 3.58. The largest absolute Gasteiger partial charge is 0.346 e. The van der Waals surface area contributed by atoms with Crippen molar-refractivity contribution in [2.24, 2.45) is 5.92 Å². The minimum Gasteiger partial charge on any atom is -0.346 e. The van der Waals surface area contributed by atoms with Gasteiger partial charge >= 0.3 is 0 Å². The van der Waals surface area contributed by atoms with Crippen molar-refractivity contribution >= 4 is 16.8 Å². The van der Waals surface area contributed by atoms with Gasteiger partial charge in [-0.1, -0.05) is 0 Å². The highest BCUT2D eigenvalue weighted by molar-refractivity contribution is 5.90. The van der Waals surface area contributed by atoms with E-state index in [0.29, 0.717) is 6.42 Å². The number of nitriles is 1. The van der Waals surface area contributed by atoms with Gasteiger partial charge in [0.15, 0.2) is 0 Å². The molecule has 0 amide bonds. The monoisotopic (exact) mass is 320 g/mol. The van der Waals surface area contributed by atoms with Crippen LogP contribution in [0.4, 0.5) is 0 Å². The predicted molar refractivity (Wildman–Crippen MR) is 86.7 cm³/mol. The lowest BCUT2D eigenvalue weighted by atomic mass is 9.95. The van der Waals surface area contributed by atoms with Crippen LogP contribution in [0.3, 0.4) is 0 Å². The number of carbonyl (C=O) groups excluding carboxylic acids is 1. The fourth-order valence-corrected chi connectivity index (χ4v) is 3.51. The smallest absolute Gasteiger partial charge is 0.141 e. The van der Waals surface area contributed by atoms with Gasteiger partial charge in [-0.15, -0.1) is 0 Å². The van der Waals surface area contributed by atoms with Gasteiger partial charge in [0.25, 0.3) is 0 Å². The molecule has 0 radical (unpaired) electrons. The number of ketones is 1. The first-order valence-corrected chi connectivity index (χ1v) is 8.00. The summed E-state index contributed by atoms with van der Waals surface area (Å²) in [5.41, 5.74) is 2.42. The minimum atomic E-state index is -0.206. The summed E-state index contributed by atoms with van der Waals surface area (Å²) in [7, 11) is 0. The topological polar surface area (TPSA) is 100 Å². The summed E-state index contributed by atoms with van der Waals surface area (Å²) in [5.74, 6) is 0.123. The van der Waals surface area contributed by atoms with E-state index in [1.807, 2.05) is 18.5 Å². The molecule has 3 aromatic rings. The Hall–Kier alpha value is -3.01. The zero-order chi connectivity index (χ0) is 16.5. The predicted octanol–water partition coefficient (Wildman–Crippen LogP) is 2.65. The molecule has 7 heteroatoms. The number of nitrogens with zero attached hydrogens (tertiary/aromatic N) is 5. The van der Waals surface area contributed by atoms with Crippen LogP contribution < -0.4 is 0 Å². The lowest BCUT2D eigenvalue weighted by Crippen LogP contribution is -2.22. The molecule has 4 rings (SSSR count). The van der Waals surface area contributed by atoms with Crippen molar-refractivity contribution in [3.8, 4) is 17.3 Å². The van der Waals surface area contributed by atoms with E-state index < -0.39 is 0 Å². The van der Waals surface area contributed by atoms with Crippen LogP contribution in [0, 0.1) is 17.2 Å². The van der Waals surface area contributed by atoms with Crippen LogP contribution in [-0.4, -0.2) is 30.5 Å². The zero-order valence-electron chi connectivity index (χ0n) is 13.0. The number of hydrogen-bond acceptors (Lipinski definition) is 5. The Labute approximate surface area is 138 Å². The summed E-state index contributed by atoms with van der Waals surface area (Å²) in [4.78, 5) is 23.7. The molecule has 2 unspecified atom stereocenters. The van der Waals surface area contributed by atoms with Crippen LogP contribution in [0.25, 0.3) is 22.3 Å². The van der Waals surface area contributed by atoms with Crippen LogP contribution >= 0.6 is 0 Å². The summed E-state index contributed by atoms with van der Waals surface area (Å²) in [5, 5.41) is 14.5. The maximum atomic E-state index is 12.1. The number of H-pyrrole nitrogens is 1. The van der Waals surface area contributed by atoms with Gasteiger partial charge in [-0.25, -0.2) is 9.97 Å². The molecule has 1 aliphatic rings. The maximum Gasteiger partial charge on any atom is 0.141 e. The molecule has 1 aliphatic carbocycles. The van der Waals surface area contributed by atoms with Crippen molar-refractivity contribution in [2.75, 3.05) is 0 Å². The van der Waals surface area contributed by atoms with Gasteiger partial charge in [0.2, 0.25) is 0 Å².